The number of carbonyl (C=O) groups excluding carboxylic acids is 1. The van der Waals surface area contributed by atoms with Crippen LogP contribution in [-0.4, -0.2) is 17.6 Å². The molecule has 0 bridgehead atoms. The van der Waals surface area contributed by atoms with E-state index < -0.39 is 12.0 Å². The number of hydrogen-bond acceptors (Lipinski definition) is 2. The maximum absolute atomic E-state index is 12.3. The van der Waals surface area contributed by atoms with Gasteiger partial charge in [0.1, 0.15) is 11.4 Å². The van der Waals surface area contributed by atoms with Crippen molar-refractivity contribution in [2.45, 2.75) is 38.5 Å². The van der Waals surface area contributed by atoms with E-state index in [1.807, 2.05) is 13.8 Å². The summed E-state index contributed by atoms with van der Waals surface area (Å²) in [4.78, 5) is 11.1. The summed E-state index contributed by atoms with van der Waals surface area (Å²) in [5, 5.41) is 0. The summed E-state index contributed by atoms with van der Waals surface area (Å²) in [5.74, 6) is -1.25. The second kappa shape index (κ2) is 4.00. The molecule has 0 spiro atoms. The van der Waals surface area contributed by atoms with Gasteiger partial charge in [-0.25, -0.2) is 0 Å². The Bertz CT molecular complexity index is 489. The van der Waals surface area contributed by atoms with Gasteiger partial charge in [-0.05, 0) is 50.5 Å². The normalized spacial score (nSPS) is 17.8. The number of benzene rings is 1. The van der Waals surface area contributed by atoms with Crippen LogP contribution in [0.4, 0.5) is 13.2 Å². The first-order valence-corrected chi connectivity index (χ1v) is 5.62. The van der Waals surface area contributed by atoms with Gasteiger partial charge in [0.05, 0.1) is 0 Å². The van der Waals surface area contributed by atoms with E-state index in [1.165, 1.54) is 12.1 Å². The second-order valence-electron chi connectivity index (χ2n) is 5.01. The monoisotopic (exact) mass is 258 g/mol. The first-order chi connectivity index (χ1) is 8.19. The van der Waals surface area contributed by atoms with Crippen LogP contribution in [0, 0.1) is 0 Å². The minimum atomic E-state index is -4.83. The highest BCUT2D eigenvalue weighted by Gasteiger charge is 2.39. The van der Waals surface area contributed by atoms with Crippen LogP contribution in [-0.2, 0) is 6.42 Å². The largest absolute Gasteiger partial charge is 0.488 e. The van der Waals surface area contributed by atoms with Gasteiger partial charge in [-0.3, -0.25) is 4.79 Å². The fourth-order valence-corrected chi connectivity index (χ4v) is 1.96. The van der Waals surface area contributed by atoms with Gasteiger partial charge in [0.15, 0.2) is 0 Å². The third-order valence-electron chi connectivity index (χ3n) is 2.96. The van der Waals surface area contributed by atoms with E-state index in [0.29, 0.717) is 24.2 Å². The zero-order valence-electron chi connectivity index (χ0n) is 10.1. The lowest BCUT2D eigenvalue weighted by molar-refractivity contribution is -0.0885. The molecule has 0 aromatic heterocycles. The Morgan fingerprint density at radius 1 is 1.33 bits per heavy atom. The Morgan fingerprint density at radius 2 is 2.00 bits per heavy atom. The molecule has 98 valence electrons. The van der Waals surface area contributed by atoms with Gasteiger partial charge in [-0.2, -0.15) is 13.2 Å². The molecule has 1 aromatic rings. The lowest BCUT2D eigenvalue weighted by atomic mass is 9.93. The van der Waals surface area contributed by atoms with Crippen molar-refractivity contribution in [2.75, 3.05) is 0 Å². The SMILES string of the molecule is CC1(C)CCc2cc(C(=O)C(F)(F)F)ccc2O1. The molecular weight excluding hydrogens is 245 g/mol. The predicted molar refractivity (Wildman–Crippen MR) is 59.9 cm³/mol. The Balaban J connectivity index is 2.33. The maximum atomic E-state index is 12.3. The molecule has 18 heavy (non-hydrogen) atoms. The first-order valence-electron chi connectivity index (χ1n) is 5.62. The molecule has 0 saturated carbocycles. The van der Waals surface area contributed by atoms with E-state index in [1.54, 1.807) is 0 Å². The molecule has 0 atom stereocenters. The zero-order chi connectivity index (χ0) is 13.6. The van der Waals surface area contributed by atoms with Crippen LogP contribution in [0.1, 0.15) is 36.2 Å². The summed E-state index contributed by atoms with van der Waals surface area (Å²) >= 11 is 0. The molecule has 0 N–H and O–H groups in total. The molecule has 1 aliphatic heterocycles. The van der Waals surface area contributed by atoms with Gasteiger partial charge in [-0.15, -0.1) is 0 Å². The Kier molecular flexibility index (Phi) is 2.87. The quantitative estimate of drug-likeness (QED) is 0.720. The van der Waals surface area contributed by atoms with Crippen LogP contribution < -0.4 is 4.74 Å². The number of ether oxygens (including phenoxy) is 1. The van der Waals surface area contributed by atoms with E-state index in [4.69, 9.17) is 4.74 Å². The number of halogens is 3. The molecule has 0 saturated heterocycles. The third kappa shape index (κ3) is 2.49. The number of carbonyl (C=O) groups is 1. The summed E-state index contributed by atoms with van der Waals surface area (Å²) in [7, 11) is 0. The van der Waals surface area contributed by atoms with Crippen LogP contribution in [0.2, 0.25) is 0 Å². The predicted octanol–water partition coefficient (Wildman–Crippen LogP) is 3.54. The van der Waals surface area contributed by atoms with E-state index in [9.17, 15) is 18.0 Å². The molecule has 0 amide bonds. The highest BCUT2D eigenvalue weighted by molar-refractivity contribution is 6.00. The molecule has 2 nitrogen and oxygen atoms in total. The van der Waals surface area contributed by atoms with Crippen molar-refractivity contribution in [2.24, 2.45) is 0 Å². The lowest BCUT2D eigenvalue weighted by Gasteiger charge is -2.32. The van der Waals surface area contributed by atoms with Crippen LogP contribution in [0.5, 0.6) is 5.75 Å². The summed E-state index contributed by atoms with van der Waals surface area (Å²) in [6.07, 6.45) is -3.51. The Labute approximate surface area is 103 Å². The van der Waals surface area contributed by atoms with Crippen molar-refractivity contribution in [1.82, 2.24) is 0 Å². The molecule has 5 heteroatoms. The van der Waals surface area contributed by atoms with E-state index in [2.05, 4.69) is 0 Å². The third-order valence-corrected chi connectivity index (χ3v) is 2.96. The molecule has 0 aliphatic carbocycles. The minimum absolute atomic E-state index is 0.317. The summed E-state index contributed by atoms with van der Waals surface area (Å²) in [6, 6.07) is 3.88. The zero-order valence-corrected chi connectivity index (χ0v) is 10.1. The molecular formula is C13H13F3O2. The van der Waals surface area contributed by atoms with Gasteiger partial charge in [0, 0.05) is 5.56 Å². The van der Waals surface area contributed by atoms with E-state index in [0.717, 1.165) is 6.07 Å². The number of Topliss-reactive ketones (excluding diaryl/α,β-unsaturated/α-hetero) is 1. The molecule has 1 aromatic carbocycles. The average molecular weight is 258 g/mol. The average Bonchev–Trinajstić information content (AvgIpc) is 2.25. The summed E-state index contributed by atoms with van der Waals surface area (Å²) in [5.41, 5.74) is 0.0108. The number of hydrogen-bond donors (Lipinski definition) is 0. The van der Waals surface area contributed by atoms with Crippen molar-refractivity contribution in [3.8, 4) is 5.75 Å². The van der Waals surface area contributed by atoms with Gasteiger partial charge < -0.3 is 4.74 Å². The Hall–Kier alpha value is -1.52. The molecule has 0 fully saturated rings. The fourth-order valence-electron chi connectivity index (χ4n) is 1.96. The number of alkyl halides is 3. The van der Waals surface area contributed by atoms with Crippen molar-refractivity contribution in [3.63, 3.8) is 0 Å². The van der Waals surface area contributed by atoms with E-state index >= 15 is 0 Å². The van der Waals surface area contributed by atoms with Gasteiger partial charge in [-0.1, -0.05) is 0 Å². The van der Waals surface area contributed by atoms with Crippen molar-refractivity contribution >= 4 is 5.78 Å². The van der Waals surface area contributed by atoms with Gasteiger partial charge in [0.2, 0.25) is 0 Å². The number of ketones is 1. The smallest absolute Gasteiger partial charge is 0.454 e. The van der Waals surface area contributed by atoms with Crippen molar-refractivity contribution in [3.05, 3.63) is 29.3 Å². The van der Waals surface area contributed by atoms with Crippen LogP contribution in [0.25, 0.3) is 0 Å². The lowest BCUT2D eigenvalue weighted by Crippen LogP contribution is -2.32. The first kappa shape index (κ1) is 12.9. The number of rotatable bonds is 1. The molecule has 1 heterocycles. The fraction of sp³-hybridized carbons (Fsp3) is 0.462. The van der Waals surface area contributed by atoms with Crippen molar-refractivity contribution < 1.29 is 22.7 Å². The minimum Gasteiger partial charge on any atom is -0.488 e. The van der Waals surface area contributed by atoms with Crippen LogP contribution in [0.15, 0.2) is 18.2 Å². The Morgan fingerprint density at radius 3 is 2.61 bits per heavy atom. The molecule has 1 aliphatic rings. The topological polar surface area (TPSA) is 26.3 Å². The van der Waals surface area contributed by atoms with Gasteiger partial charge in [0.25, 0.3) is 5.78 Å². The van der Waals surface area contributed by atoms with Crippen LogP contribution >= 0.6 is 0 Å². The highest BCUT2D eigenvalue weighted by atomic mass is 19.4. The highest BCUT2D eigenvalue weighted by Crippen LogP contribution is 2.34. The second-order valence-corrected chi connectivity index (χ2v) is 5.01. The molecule has 0 radical (unpaired) electrons. The summed E-state index contributed by atoms with van der Waals surface area (Å²) < 4.78 is 42.6. The molecule has 0 unspecified atom stereocenters. The molecule has 2 rings (SSSR count). The van der Waals surface area contributed by atoms with Crippen molar-refractivity contribution in [1.29, 1.82) is 0 Å². The van der Waals surface area contributed by atoms with Crippen LogP contribution in [0.3, 0.4) is 0 Å². The van der Waals surface area contributed by atoms with E-state index in [-0.39, 0.29) is 11.2 Å². The van der Waals surface area contributed by atoms with Gasteiger partial charge >= 0.3 is 6.18 Å². The maximum Gasteiger partial charge on any atom is 0.454 e. The standard InChI is InChI=1S/C13H13F3O2/c1-12(2)6-5-8-7-9(3-4-10(8)18-12)11(17)13(14,15)16/h3-4,7H,5-6H2,1-2H3. The summed E-state index contributed by atoms with van der Waals surface area (Å²) in [6.45, 7) is 3.84. The number of fused-ring (bicyclic) bond motifs is 1. The number of aryl methyl sites for hydroxylation is 1.